The second-order valence-corrected chi connectivity index (χ2v) is 4.72. The molecule has 0 atom stereocenters. The molecule has 0 bridgehead atoms. The van der Waals surface area contributed by atoms with Gasteiger partial charge in [0, 0.05) is 17.2 Å². The van der Waals surface area contributed by atoms with E-state index in [0.717, 1.165) is 11.6 Å². The Morgan fingerprint density at radius 2 is 1.83 bits per heavy atom. The van der Waals surface area contributed by atoms with Crippen molar-refractivity contribution in [3.8, 4) is 11.3 Å². The lowest BCUT2D eigenvalue weighted by Gasteiger charge is -2.07. The SMILES string of the molecule is CC(C)Cc1c(N)n[nH]c1-c1cc(F)cc(F)c1. The zero-order valence-corrected chi connectivity index (χ0v) is 10.3. The van der Waals surface area contributed by atoms with Gasteiger partial charge in [-0.15, -0.1) is 0 Å². The minimum Gasteiger partial charge on any atom is -0.382 e. The van der Waals surface area contributed by atoms with E-state index in [1.807, 2.05) is 13.8 Å². The number of benzene rings is 1. The van der Waals surface area contributed by atoms with E-state index in [0.29, 0.717) is 29.4 Å². The molecule has 3 N–H and O–H groups in total. The Hall–Kier alpha value is -1.91. The monoisotopic (exact) mass is 251 g/mol. The maximum Gasteiger partial charge on any atom is 0.149 e. The van der Waals surface area contributed by atoms with Crippen LogP contribution in [0.2, 0.25) is 0 Å². The van der Waals surface area contributed by atoms with Crippen molar-refractivity contribution in [1.29, 1.82) is 0 Å². The van der Waals surface area contributed by atoms with Crippen LogP contribution in [0.4, 0.5) is 14.6 Å². The predicted molar refractivity (Wildman–Crippen MR) is 66.9 cm³/mol. The van der Waals surface area contributed by atoms with Crippen molar-refractivity contribution >= 4 is 5.82 Å². The highest BCUT2D eigenvalue weighted by Gasteiger charge is 2.15. The van der Waals surface area contributed by atoms with Crippen LogP contribution >= 0.6 is 0 Å². The summed E-state index contributed by atoms with van der Waals surface area (Å²) in [6, 6.07) is 3.37. The Morgan fingerprint density at radius 1 is 1.22 bits per heavy atom. The van der Waals surface area contributed by atoms with Crippen molar-refractivity contribution in [3.63, 3.8) is 0 Å². The average Bonchev–Trinajstić information content (AvgIpc) is 2.58. The topological polar surface area (TPSA) is 54.7 Å². The lowest BCUT2D eigenvalue weighted by molar-refractivity contribution is 0.584. The van der Waals surface area contributed by atoms with Gasteiger partial charge >= 0.3 is 0 Å². The lowest BCUT2D eigenvalue weighted by atomic mass is 9.99. The first-order valence-electron chi connectivity index (χ1n) is 5.76. The molecule has 2 rings (SSSR count). The molecule has 0 amide bonds. The number of H-pyrrole nitrogens is 1. The smallest absolute Gasteiger partial charge is 0.149 e. The van der Waals surface area contributed by atoms with Crippen LogP contribution in [-0.4, -0.2) is 10.2 Å². The van der Waals surface area contributed by atoms with Crippen LogP contribution in [0.5, 0.6) is 0 Å². The summed E-state index contributed by atoms with van der Waals surface area (Å²) >= 11 is 0. The molecule has 0 saturated heterocycles. The molecule has 1 heterocycles. The van der Waals surface area contributed by atoms with Gasteiger partial charge in [0.2, 0.25) is 0 Å². The fourth-order valence-electron chi connectivity index (χ4n) is 1.93. The van der Waals surface area contributed by atoms with E-state index in [9.17, 15) is 8.78 Å². The van der Waals surface area contributed by atoms with Crippen molar-refractivity contribution in [3.05, 3.63) is 35.4 Å². The number of nitrogens with one attached hydrogen (secondary N) is 1. The van der Waals surface area contributed by atoms with Gasteiger partial charge in [-0.05, 0) is 24.5 Å². The Bertz CT molecular complexity index is 541. The Morgan fingerprint density at radius 3 is 2.39 bits per heavy atom. The fraction of sp³-hybridized carbons (Fsp3) is 0.308. The summed E-state index contributed by atoms with van der Waals surface area (Å²) in [6.45, 7) is 4.09. The third kappa shape index (κ3) is 2.50. The van der Waals surface area contributed by atoms with Crippen LogP contribution in [0.3, 0.4) is 0 Å². The van der Waals surface area contributed by atoms with Gasteiger partial charge in [0.15, 0.2) is 0 Å². The Kier molecular flexibility index (Phi) is 3.32. The van der Waals surface area contributed by atoms with Crippen LogP contribution in [0.25, 0.3) is 11.3 Å². The van der Waals surface area contributed by atoms with Crippen molar-refractivity contribution in [1.82, 2.24) is 10.2 Å². The number of nitrogens with two attached hydrogens (primary N) is 1. The van der Waals surface area contributed by atoms with E-state index < -0.39 is 11.6 Å². The summed E-state index contributed by atoms with van der Waals surface area (Å²) in [5.74, 6) is -0.479. The molecule has 0 unspecified atom stereocenters. The molecule has 0 saturated carbocycles. The zero-order chi connectivity index (χ0) is 13.3. The summed E-state index contributed by atoms with van der Waals surface area (Å²) < 4.78 is 26.4. The van der Waals surface area contributed by atoms with E-state index in [1.54, 1.807) is 0 Å². The molecular formula is C13H15F2N3. The number of hydrogen-bond acceptors (Lipinski definition) is 2. The fourth-order valence-corrected chi connectivity index (χ4v) is 1.93. The summed E-state index contributed by atoms with van der Waals surface area (Å²) in [4.78, 5) is 0. The molecule has 1 aromatic heterocycles. The number of halogens is 2. The van der Waals surface area contributed by atoms with Gasteiger partial charge in [0.25, 0.3) is 0 Å². The molecule has 0 aliphatic heterocycles. The molecule has 0 aliphatic rings. The highest BCUT2D eigenvalue weighted by atomic mass is 19.1. The van der Waals surface area contributed by atoms with Crippen molar-refractivity contribution < 1.29 is 8.78 Å². The highest BCUT2D eigenvalue weighted by molar-refractivity contribution is 5.68. The first-order chi connectivity index (χ1) is 8.47. The molecule has 0 aliphatic carbocycles. The molecule has 18 heavy (non-hydrogen) atoms. The van der Waals surface area contributed by atoms with E-state index in [-0.39, 0.29) is 0 Å². The second kappa shape index (κ2) is 4.76. The van der Waals surface area contributed by atoms with Crippen LogP contribution in [0.15, 0.2) is 18.2 Å². The number of anilines is 1. The molecule has 2 aromatic rings. The van der Waals surface area contributed by atoms with E-state index >= 15 is 0 Å². The number of rotatable bonds is 3. The molecule has 96 valence electrons. The van der Waals surface area contributed by atoms with Crippen LogP contribution in [-0.2, 0) is 6.42 Å². The number of aromatic nitrogens is 2. The molecular weight excluding hydrogens is 236 g/mol. The molecule has 5 heteroatoms. The highest BCUT2D eigenvalue weighted by Crippen LogP contribution is 2.28. The van der Waals surface area contributed by atoms with Gasteiger partial charge in [-0.3, -0.25) is 5.10 Å². The first-order valence-corrected chi connectivity index (χ1v) is 5.76. The molecule has 0 spiro atoms. The van der Waals surface area contributed by atoms with Gasteiger partial charge in [-0.1, -0.05) is 13.8 Å². The minimum atomic E-state index is -0.617. The molecule has 1 aromatic carbocycles. The zero-order valence-electron chi connectivity index (χ0n) is 10.3. The summed E-state index contributed by atoms with van der Waals surface area (Å²) in [5, 5.41) is 6.66. The second-order valence-electron chi connectivity index (χ2n) is 4.72. The maximum absolute atomic E-state index is 13.2. The minimum absolute atomic E-state index is 0.377. The van der Waals surface area contributed by atoms with Crippen LogP contribution in [0.1, 0.15) is 19.4 Å². The summed E-state index contributed by atoms with van der Waals surface area (Å²) in [6.07, 6.45) is 0.704. The van der Waals surface area contributed by atoms with Crippen molar-refractivity contribution in [2.24, 2.45) is 5.92 Å². The van der Waals surface area contributed by atoms with E-state index in [4.69, 9.17) is 5.73 Å². The van der Waals surface area contributed by atoms with Gasteiger partial charge in [-0.25, -0.2) is 8.78 Å². The van der Waals surface area contributed by atoms with E-state index in [2.05, 4.69) is 10.2 Å². The quantitative estimate of drug-likeness (QED) is 0.880. The number of aromatic amines is 1. The van der Waals surface area contributed by atoms with Crippen LogP contribution in [0, 0.1) is 17.6 Å². The third-order valence-corrected chi connectivity index (χ3v) is 2.66. The number of nitrogens with zero attached hydrogens (tertiary/aromatic N) is 1. The largest absolute Gasteiger partial charge is 0.382 e. The number of nitrogen functional groups attached to an aromatic ring is 1. The van der Waals surface area contributed by atoms with Crippen LogP contribution < -0.4 is 5.73 Å². The van der Waals surface area contributed by atoms with Gasteiger partial charge in [-0.2, -0.15) is 5.10 Å². The van der Waals surface area contributed by atoms with Gasteiger partial charge in [0.1, 0.15) is 17.5 Å². The van der Waals surface area contributed by atoms with Gasteiger partial charge < -0.3 is 5.73 Å². The molecule has 3 nitrogen and oxygen atoms in total. The Labute approximate surface area is 104 Å². The van der Waals surface area contributed by atoms with E-state index in [1.165, 1.54) is 12.1 Å². The standard InChI is InChI=1S/C13H15F2N3/c1-7(2)3-11-12(17-18-13(11)16)8-4-9(14)6-10(15)5-8/h4-7H,3H2,1-2H3,(H3,16,17,18). The molecule has 0 radical (unpaired) electrons. The van der Waals surface area contributed by atoms with Gasteiger partial charge in [0.05, 0.1) is 5.69 Å². The normalized spacial score (nSPS) is 11.2. The predicted octanol–water partition coefficient (Wildman–Crippen LogP) is 3.14. The maximum atomic E-state index is 13.2. The first kappa shape index (κ1) is 12.5. The molecule has 0 fully saturated rings. The number of hydrogen-bond donors (Lipinski definition) is 2. The van der Waals surface area contributed by atoms with Crippen molar-refractivity contribution in [2.45, 2.75) is 20.3 Å². The summed E-state index contributed by atoms with van der Waals surface area (Å²) in [5.41, 5.74) is 7.58. The lowest BCUT2D eigenvalue weighted by Crippen LogP contribution is -1.99. The third-order valence-electron chi connectivity index (χ3n) is 2.66. The summed E-state index contributed by atoms with van der Waals surface area (Å²) in [7, 11) is 0. The Balaban J connectivity index is 2.50. The average molecular weight is 251 g/mol. The van der Waals surface area contributed by atoms with Crippen molar-refractivity contribution in [2.75, 3.05) is 5.73 Å².